The van der Waals surface area contributed by atoms with Crippen molar-refractivity contribution in [2.45, 2.75) is 13.3 Å². The molecule has 5 heteroatoms. The Kier molecular flexibility index (Phi) is 5.01. The molecule has 144 valence electrons. The average molecular weight is 377 g/mol. The number of ether oxygens (including phenoxy) is 1. The van der Waals surface area contributed by atoms with Gasteiger partial charge in [0.15, 0.2) is 0 Å². The molecule has 0 spiro atoms. The molecule has 28 heavy (non-hydrogen) atoms. The number of carbonyl (C=O) groups excluding carboxylic acids is 1. The summed E-state index contributed by atoms with van der Waals surface area (Å²) in [6.45, 7) is 4.09. The highest BCUT2D eigenvalue weighted by Gasteiger charge is 2.27. The van der Waals surface area contributed by atoms with E-state index in [-0.39, 0.29) is 5.91 Å². The Morgan fingerprint density at radius 2 is 2.00 bits per heavy atom. The molecular weight excluding hydrogens is 354 g/mol. The molecule has 1 amide bonds. The quantitative estimate of drug-likeness (QED) is 0.648. The van der Waals surface area contributed by atoms with Crippen LogP contribution in [0.25, 0.3) is 22.1 Å². The van der Waals surface area contributed by atoms with Gasteiger partial charge in [-0.2, -0.15) is 0 Å². The Bertz CT molecular complexity index is 1090. The Morgan fingerprint density at radius 3 is 2.79 bits per heavy atom. The molecule has 1 saturated heterocycles. The summed E-state index contributed by atoms with van der Waals surface area (Å²) in [6.07, 6.45) is 0.944. The molecule has 0 radical (unpaired) electrons. The van der Waals surface area contributed by atoms with E-state index in [4.69, 9.17) is 9.15 Å². The number of hydrogen-bond acceptors (Lipinski definition) is 4. The van der Waals surface area contributed by atoms with Crippen LogP contribution in [0.3, 0.4) is 0 Å². The van der Waals surface area contributed by atoms with E-state index in [1.807, 2.05) is 48.2 Å². The first-order chi connectivity index (χ1) is 13.6. The van der Waals surface area contributed by atoms with Gasteiger partial charge in [0.05, 0.1) is 6.61 Å². The minimum atomic E-state index is -0.420. The summed E-state index contributed by atoms with van der Waals surface area (Å²) in [7, 11) is 1.68. The third-order valence-corrected chi connectivity index (χ3v) is 5.40. The summed E-state index contributed by atoms with van der Waals surface area (Å²) >= 11 is 0. The van der Waals surface area contributed by atoms with Crippen LogP contribution in [0.1, 0.15) is 22.3 Å². The van der Waals surface area contributed by atoms with E-state index < -0.39 is 5.63 Å². The molecule has 2 aromatic carbocycles. The lowest BCUT2D eigenvalue weighted by Crippen LogP contribution is -2.29. The average Bonchev–Trinajstić information content (AvgIpc) is 3.15. The zero-order valence-electron chi connectivity index (χ0n) is 16.1. The molecule has 4 rings (SSSR count). The molecular formula is C23H23NO4. The van der Waals surface area contributed by atoms with Crippen LogP contribution in [-0.4, -0.2) is 37.6 Å². The van der Waals surface area contributed by atoms with Gasteiger partial charge in [-0.05, 0) is 42.7 Å². The van der Waals surface area contributed by atoms with Crippen molar-refractivity contribution in [1.29, 1.82) is 0 Å². The van der Waals surface area contributed by atoms with Gasteiger partial charge in [-0.1, -0.05) is 24.3 Å². The number of aryl methyl sites for hydroxylation is 1. The first-order valence-electron chi connectivity index (χ1n) is 9.49. The number of nitrogens with zero attached hydrogens (tertiary/aromatic N) is 1. The number of likely N-dealkylation sites (tertiary alicyclic amines) is 1. The molecule has 2 heterocycles. The summed E-state index contributed by atoms with van der Waals surface area (Å²) in [4.78, 5) is 26.9. The van der Waals surface area contributed by atoms with Gasteiger partial charge in [0.25, 0.3) is 5.91 Å². The SMILES string of the molecule is COC[C@@H]1CCN(C(=O)c2ccc3c(-c4ccccc4C)cc(=O)oc3c2)C1. The predicted molar refractivity (Wildman–Crippen MR) is 109 cm³/mol. The molecule has 5 nitrogen and oxygen atoms in total. The fourth-order valence-corrected chi connectivity index (χ4v) is 3.97. The van der Waals surface area contributed by atoms with Gasteiger partial charge < -0.3 is 14.1 Å². The smallest absolute Gasteiger partial charge is 0.336 e. The van der Waals surface area contributed by atoms with Crippen molar-refractivity contribution in [1.82, 2.24) is 4.90 Å². The summed E-state index contributed by atoms with van der Waals surface area (Å²) < 4.78 is 10.6. The molecule has 0 unspecified atom stereocenters. The van der Waals surface area contributed by atoms with E-state index in [1.54, 1.807) is 13.2 Å². The van der Waals surface area contributed by atoms with E-state index in [1.165, 1.54) is 6.07 Å². The number of carbonyl (C=O) groups is 1. The lowest BCUT2D eigenvalue weighted by Gasteiger charge is -2.17. The fraction of sp³-hybridized carbons (Fsp3) is 0.304. The molecule has 1 atom stereocenters. The maximum absolute atomic E-state index is 12.9. The molecule has 1 fully saturated rings. The third kappa shape index (κ3) is 3.45. The Labute approximate surface area is 163 Å². The molecule has 1 aromatic heterocycles. The van der Waals surface area contributed by atoms with Gasteiger partial charge in [0, 0.05) is 48.7 Å². The van der Waals surface area contributed by atoms with Crippen molar-refractivity contribution in [3.63, 3.8) is 0 Å². The first kappa shape index (κ1) is 18.4. The zero-order valence-corrected chi connectivity index (χ0v) is 16.1. The number of methoxy groups -OCH3 is 1. The van der Waals surface area contributed by atoms with Crippen LogP contribution in [0.5, 0.6) is 0 Å². The zero-order chi connectivity index (χ0) is 19.7. The van der Waals surface area contributed by atoms with Gasteiger partial charge in [-0.15, -0.1) is 0 Å². The van der Waals surface area contributed by atoms with Crippen LogP contribution in [0.15, 0.2) is 57.7 Å². The molecule has 3 aromatic rings. The van der Waals surface area contributed by atoms with Crippen LogP contribution in [0, 0.1) is 12.8 Å². The second-order valence-corrected chi connectivity index (χ2v) is 7.37. The summed E-state index contributed by atoms with van der Waals surface area (Å²) in [6, 6.07) is 14.8. The number of hydrogen-bond donors (Lipinski definition) is 0. The molecule has 0 saturated carbocycles. The van der Waals surface area contributed by atoms with E-state index in [0.717, 1.165) is 35.0 Å². The lowest BCUT2D eigenvalue weighted by atomic mass is 9.97. The van der Waals surface area contributed by atoms with Gasteiger partial charge in [0.1, 0.15) is 5.58 Å². The van der Waals surface area contributed by atoms with Gasteiger partial charge in [-0.3, -0.25) is 4.79 Å². The Hall–Kier alpha value is -2.92. The largest absolute Gasteiger partial charge is 0.423 e. The normalized spacial score (nSPS) is 16.6. The summed E-state index contributed by atoms with van der Waals surface area (Å²) in [5.74, 6) is 0.337. The van der Waals surface area contributed by atoms with Crippen molar-refractivity contribution < 1.29 is 13.9 Å². The van der Waals surface area contributed by atoms with E-state index in [0.29, 0.717) is 30.2 Å². The van der Waals surface area contributed by atoms with Crippen LogP contribution < -0.4 is 5.63 Å². The van der Waals surface area contributed by atoms with Crippen LogP contribution >= 0.6 is 0 Å². The minimum Gasteiger partial charge on any atom is -0.423 e. The van der Waals surface area contributed by atoms with Crippen LogP contribution in [-0.2, 0) is 4.74 Å². The number of fused-ring (bicyclic) bond motifs is 1. The monoisotopic (exact) mass is 377 g/mol. The number of amides is 1. The number of rotatable bonds is 4. The molecule has 1 aliphatic rings. The number of benzene rings is 2. The maximum atomic E-state index is 12.9. The highest BCUT2D eigenvalue weighted by atomic mass is 16.5. The second kappa shape index (κ2) is 7.60. The van der Waals surface area contributed by atoms with Crippen LogP contribution in [0.4, 0.5) is 0 Å². The first-order valence-corrected chi connectivity index (χ1v) is 9.49. The maximum Gasteiger partial charge on any atom is 0.336 e. The van der Waals surface area contributed by atoms with Crippen molar-refractivity contribution in [2.75, 3.05) is 26.8 Å². The van der Waals surface area contributed by atoms with E-state index >= 15 is 0 Å². The molecule has 0 bridgehead atoms. The van der Waals surface area contributed by atoms with Crippen molar-refractivity contribution in [3.8, 4) is 11.1 Å². The van der Waals surface area contributed by atoms with Gasteiger partial charge in [-0.25, -0.2) is 4.79 Å². The van der Waals surface area contributed by atoms with Gasteiger partial charge in [0.2, 0.25) is 0 Å². The van der Waals surface area contributed by atoms with Crippen molar-refractivity contribution >= 4 is 16.9 Å². The summed E-state index contributed by atoms with van der Waals surface area (Å²) in [5.41, 5.74) is 3.44. The van der Waals surface area contributed by atoms with Gasteiger partial charge >= 0.3 is 5.63 Å². The topological polar surface area (TPSA) is 59.8 Å². The lowest BCUT2D eigenvalue weighted by molar-refractivity contribution is 0.0775. The fourth-order valence-electron chi connectivity index (χ4n) is 3.97. The third-order valence-electron chi connectivity index (χ3n) is 5.40. The molecule has 0 aliphatic carbocycles. The highest BCUT2D eigenvalue weighted by molar-refractivity contribution is 6.01. The van der Waals surface area contributed by atoms with Crippen molar-refractivity contribution in [2.24, 2.45) is 5.92 Å². The minimum absolute atomic E-state index is 0.0375. The van der Waals surface area contributed by atoms with E-state index in [2.05, 4.69) is 0 Å². The van der Waals surface area contributed by atoms with Crippen LogP contribution in [0.2, 0.25) is 0 Å². The van der Waals surface area contributed by atoms with E-state index in [9.17, 15) is 9.59 Å². The second-order valence-electron chi connectivity index (χ2n) is 7.37. The van der Waals surface area contributed by atoms with Crippen molar-refractivity contribution in [3.05, 3.63) is 70.1 Å². The highest BCUT2D eigenvalue weighted by Crippen LogP contribution is 2.30. The standard InChI is InChI=1S/C23H23NO4/c1-15-5-3-4-6-18(15)20-12-22(25)28-21-11-17(7-8-19(20)21)23(26)24-10-9-16(13-24)14-27-2/h3-8,11-12,16H,9-10,13-14H2,1-2H3/t16-/m1/s1. The molecule has 1 aliphatic heterocycles. The predicted octanol–water partition coefficient (Wildman–Crippen LogP) is 3.88. The Balaban J connectivity index is 1.72. The molecule has 0 N–H and O–H groups in total. The Morgan fingerprint density at radius 1 is 1.18 bits per heavy atom. The summed E-state index contributed by atoms with van der Waals surface area (Å²) in [5, 5.41) is 0.823.